The van der Waals surface area contributed by atoms with Crippen LogP contribution in [0.25, 0.3) is 0 Å². The molecule has 4 heteroatoms. The molecule has 15 heavy (non-hydrogen) atoms. The molecule has 0 amide bonds. The van der Waals surface area contributed by atoms with E-state index in [9.17, 15) is 0 Å². The number of hydrogen-bond donors (Lipinski definition) is 2. The Labute approximate surface area is 101 Å². The lowest BCUT2D eigenvalue weighted by molar-refractivity contribution is 0.854. The van der Waals surface area contributed by atoms with Gasteiger partial charge in [-0.3, -0.25) is 0 Å². The van der Waals surface area contributed by atoms with Gasteiger partial charge in [-0.15, -0.1) is 0 Å². The number of benzene rings is 1. The smallest absolute Gasteiger partial charge is 0.0574 e. The first-order chi connectivity index (χ1) is 7.13. The molecule has 0 fully saturated rings. The molecule has 0 spiro atoms. The average molecular weight is 245 g/mol. The number of nitrogens with two attached hydrogens (primary N) is 1. The highest BCUT2D eigenvalue weighted by Gasteiger charge is 2.01. The van der Waals surface area contributed by atoms with Crippen molar-refractivity contribution in [2.24, 2.45) is 0 Å². The molecular weight excluding hydrogens is 228 g/mol. The molecule has 0 saturated carbocycles. The van der Waals surface area contributed by atoms with Crippen LogP contribution in [0.3, 0.4) is 0 Å². The fourth-order valence-corrected chi connectivity index (χ4v) is 1.76. The minimum atomic E-state index is 0.672. The molecule has 84 valence electrons. The van der Waals surface area contributed by atoms with Crippen LogP contribution in [0.4, 0.5) is 11.4 Å². The predicted molar refractivity (Wildman–Crippen MR) is 71.9 cm³/mol. The van der Waals surface area contributed by atoms with E-state index in [0.29, 0.717) is 16.0 Å². The quantitative estimate of drug-likeness (QED) is 0.779. The van der Waals surface area contributed by atoms with Crippen molar-refractivity contribution < 1.29 is 0 Å². The van der Waals surface area contributed by atoms with Crippen molar-refractivity contribution in [2.45, 2.75) is 18.6 Å². The van der Waals surface area contributed by atoms with Crippen molar-refractivity contribution in [1.29, 1.82) is 0 Å². The summed E-state index contributed by atoms with van der Waals surface area (Å²) in [6.45, 7) is 3.16. The van der Waals surface area contributed by atoms with Crippen LogP contribution in [-0.2, 0) is 0 Å². The molecule has 0 aliphatic heterocycles. The fraction of sp³-hybridized carbons (Fsp3) is 0.455. The molecule has 0 aliphatic rings. The number of hydrogen-bond acceptors (Lipinski definition) is 3. The second kappa shape index (κ2) is 6.13. The Morgan fingerprint density at radius 3 is 2.87 bits per heavy atom. The van der Waals surface area contributed by atoms with E-state index in [-0.39, 0.29) is 0 Å². The SMILES string of the molecule is CSC(C)CCNc1ccc(Cl)cc1N. The highest BCUT2D eigenvalue weighted by Crippen LogP contribution is 2.22. The van der Waals surface area contributed by atoms with Gasteiger partial charge in [0.25, 0.3) is 0 Å². The first-order valence-electron chi connectivity index (χ1n) is 4.95. The third-order valence-electron chi connectivity index (χ3n) is 2.28. The maximum Gasteiger partial charge on any atom is 0.0574 e. The molecule has 2 nitrogen and oxygen atoms in total. The Bertz CT molecular complexity index is 317. The Morgan fingerprint density at radius 1 is 1.53 bits per heavy atom. The van der Waals surface area contributed by atoms with Gasteiger partial charge in [-0.05, 0) is 30.9 Å². The van der Waals surface area contributed by atoms with Crippen LogP contribution in [0, 0.1) is 0 Å². The van der Waals surface area contributed by atoms with E-state index in [4.69, 9.17) is 17.3 Å². The van der Waals surface area contributed by atoms with Crippen LogP contribution < -0.4 is 11.1 Å². The van der Waals surface area contributed by atoms with Crippen LogP contribution in [0.5, 0.6) is 0 Å². The fourth-order valence-electron chi connectivity index (χ4n) is 1.22. The monoisotopic (exact) mass is 244 g/mol. The van der Waals surface area contributed by atoms with Crippen LogP contribution >= 0.6 is 23.4 Å². The zero-order valence-electron chi connectivity index (χ0n) is 9.09. The largest absolute Gasteiger partial charge is 0.397 e. The third-order valence-corrected chi connectivity index (χ3v) is 3.56. The van der Waals surface area contributed by atoms with Gasteiger partial charge in [-0.1, -0.05) is 18.5 Å². The lowest BCUT2D eigenvalue weighted by Gasteiger charge is -2.12. The van der Waals surface area contributed by atoms with Crippen molar-refractivity contribution in [3.8, 4) is 0 Å². The molecular formula is C11H17ClN2S. The van der Waals surface area contributed by atoms with Crippen molar-refractivity contribution in [1.82, 2.24) is 0 Å². The number of anilines is 2. The highest BCUT2D eigenvalue weighted by atomic mass is 35.5. The third kappa shape index (κ3) is 4.22. The summed E-state index contributed by atoms with van der Waals surface area (Å²) >= 11 is 7.69. The van der Waals surface area contributed by atoms with E-state index >= 15 is 0 Å². The summed E-state index contributed by atoms with van der Waals surface area (Å²) in [4.78, 5) is 0. The average Bonchev–Trinajstić information content (AvgIpc) is 2.21. The number of rotatable bonds is 5. The van der Waals surface area contributed by atoms with Crippen molar-refractivity contribution in [3.05, 3.63) is 23.2 Å². The minimum Gasteiger partial charge on any atom is -0.397 e. The van der Waals surface area contributed by atoms with Crippen molar-refractivity contribution in [3.63, 3.8) is 0 Å². The molecule has 0 aliphatic carbocycles. The zero-order valence-corrected chi connectivity index (χ0v) is 10.7. The standard InChI is InChI=1S/C11H17ClN2S/c1-8(15-2)5-6-14-11-4-3-9(12)7-10(11)13/h3-4,7-8,14H,5-6,13H2,1-2H3. The maximum atomic E-state index is 5.82. The first kappa shape index (κ1) is 12.5. The summed E-state index contributed by atoms with van der Waals surface area (Å²) in [7, 11) is 0. The van der Waals surface area contributed by atoms with Crippen molar-refractivity contribution in [2.75, 3.05) is 23.9 Å². The van der Waals surface area contributed by atoms with E-state index in [1.165, 1.54) is 0 Å². The van der Waals surface area contributed by atoms with Gasteiger partial charge in [-0.25, -0.2) is 0 Å². The Balaban J connectivity index is 2.44. The molecule has 1 rings (SSSR count). The summed E-state index contributed by atoms with van der Waals surface area (Å²) in [5.74, 6) is 0. The Kier molecular flexibility index (Phi) is 5.12. The van der Waals surface area contributed by atoms with E-state index in [1.807, 2.05) is 23.9 Å². The molecule has 1 atom stereocenters. The summed E-state index contributed by atoms with van der Waals surface area (Å²) in [5, 5.41) is 4.66. The van der Waals surface area contributed by atoms with Gasteiger partial charge in [0.05, 0.1) is 11.4 Å². The Hall–Kier alpha value is -0.540. The van der Waals surface area contributed by atoms with Gasteiger partial charge in [0.2, 0.25) is 0 Å². The Morgan fingerprint density at radius 2 is 2.27 bits per heavy atom. The van der Waals surface area contributed by atoms with Gasteiger partial charge >= 0.3 is 0 Å². The highest BCUT2D eigenvalue weighted by molar-refractivity contribution is 7.99. The summed E-state index contributed by atoms with van der Waals surface area (Å²) < 4.78 is 0. The van der Waals surface area contributed by atoms with Gasteiger partial charge in [0, 0.05) is 16.8 Å². The summed E-state index contributed by atoms with van der Waals surface area (Å²) in [6.07, 6.45) is 3.25. The summed E-state index contributed by atoms with van der Waals surface area (Å²) in [5.41, 5.74) is 7.49. The summed E-state index contributed by atoms with van der Waals surface area (Å²) in [6, 6.07) is 5.53. The van der Waals surface area contributed by atoms with E-state index in [1.54, 1.807) is 6.07 Å². The molecule has 1 aromatic rings. The topological polar surface area (TPSA) is 38.0 Å². The second-order valence-corrected chi connectivity index (χ2v) is 5.21. The molecule has 0 heterocycles. The zero-order chi connectivity index (χ0) is 11.3. The van der Waals surface area contributed by atoms with E-state index in [2.05, 4.69) is 18.5 Å². The van der Waals surface area contributed by atoms with Crippen LogP contribution in [0.15, 0.2) is 18.2 Å². The number of thioether (sulfide) groups is 1. The molecule has 0 saturated heterocycles. The molecule has 1 aromatic carbocycles. The molecule has 0 radical (unpaired) electrons. The molecule has 0 bridgehead atoms. The number of nitrogens with one attached hydrogen (secondary N) is 1. The van der Waals surface area contributed by atoms with E-state index < -0.39 is 0 Å². The van der Waals surface area contributed by atoms with Crippen LogP contribution in [-0.4, -0.2) is 18.1 Å². The lowest BCUT2D eigenvalue weighted by Crippen LogP contribution is -2.08. The van der Waals surface area contributed by atoms with Gasteiger partial charge in [0.15, 0.2) is 0 Å². The normalized spacial score (nSPS) is 12.5. The minimum absolute atomic E-state index is 0.672. The molecule has 3 N–H and O–H groups in total. The molecule has 0 aromatic heterocycles. The van der Waals surface area contributed by atoms with Crippen LogP contribution in [0.1, 0.15) is 13.3 Å². The van der Waals surface area contributed by atoms with Crippen molar-refractivity contribution >= 4 is 34.7 Å². The number of halogens is 1. The second-order valence-electron chi connectivity index (χ2n) is 3.49. The maximum absolute atomic E-state index is 5.82. The predicted octanol–water partition coefficient (Wildman–Crippen LogP) is 3.48. The number of nitrogen functional groups attached to an aromatic ring is 1. The van der Waals surface area contributed by atoms with Gasteiger partial charge in [0.1, 0.15) is 0 Å². The first-order valence-corrected chi connectivity index (χ1v) is 6.61. The lowest BCUT2D eigenvalue weighted by atomic mass is 10.2. The van der Waals surface area contributed by atoms with E-state index in [0.717, 1.165) is 18.7 Å². The van der Waals surface area contributed by atoms with Gasteiger partial charge in [-0.2, -0.15) is 11.8 Å². The van der Waals surface area contributed by atoms with Gasteiger partial charge < -0.3 is 11.1 Å². The molecule has 1 unspecified atom stereocenters. The van der Waals surface area contributed by atoms with Crippen LogP contribution in [0.2, 0.25) is 5.02 Å².